The van der Waals surface area contributed by atoms with Crippen LogP contribution in [0.1, 0.15) is 29.9 Å². The maximum Gasteiger partial charge on any atom is 0.0901 e. The first kappa shape index (κ1) is 9.37. The van der Waals surface area contributed by atoms with Crippen LogP contribution in [0.5, 0.6) is 0 Å². The lowest BCUT2D eigenvalue weighted by atomic mass is 9.86. The van der Waals surface area contributed by atoms with Crippen molar-refractivity contribution in [2.24, 2.45) is 0 Å². The Hall–Kier alpha value is -0.860. The second-order valence-electron chi connectivity index (χ2n) is 5.04. The molecule has 2 heteroatoms. The molecular formula is C13H17NO. The fraction of sp³-hybridized carbons (Fsp3) is 0.538. The van der Waals surface area contributed by atoms with Crippen LogP contribution in [-0.4, -0.2) is 30.1 Å². The quantitative estimate of drug-likeness (QED) is 0.790. The molecule has 0 radical (unpaired) electrons. The van der Waals surface area contributed by atoms with Crippen LogP contribution in [0.3, 0.4) is 0 Å². The molecule has 1 saturated carbocycles. The van der Waals surface area contributed by atoms with Crippen LogP contribution in [0.4, 0.5) is 0 Å². The summed E-state index contributed by atoms with van der Waals surface area (Å²) in [5.41, 5.74) is 2.07. The summed E-state index contributed by atoms with van der Waals surface area (Å²) in [7, 11) is 2.14. The van der Waals surface area contributed by atoms with E-state index in [1.54, 1.807) is 0 Å². The van der Waals surface area contributed by atoms with Crippen molar-refractivity contribution in [3.63, 3.8) is 0 Å². The van der Waals surface area contributed by atoms with E-state index < -0.39 is 5.60 Å². The smallest absolute Gasteiger partial charge is 0.0901 e. The summed E-state index contributed by atoms with van der Waals surface area (Å²) in [6, 6.07) is 8.41. The highest BCUT2D eigenvalue weighted by molar-refractivity contribution is 5.39. The highest BCUT2D eigenvalue weighted by Crippen LogP contribution is 2.48. The van der Waals surface area contributed by atoms with E-state index in [4.69, 9.17) is 0 Å². The van der Waals surface area contributed by atoms with E-state index in [0.717, 1.165) is 25.9 Å². The number of hydrogen-bond donors (Lipinski definition) is 1. The Morgan fingerprint density at radius 2 is 1.93 bits per heavy atom. The number of nitrogens with zero attached hydrogens (tertiary/aromatic N) is 1. The average molecular weight is 203 g/mol. The standard InChI is InChI=1S/C13H17NO/c1-14-8-10(9-14)11-4-2-3-5-12(11)13(15)6-7-13/h2-5,10,15H,6-9H2,1H3. The first-order valence-electron chi connectivity index (χ1n) is 5.69. The molecule has 1 aliphatic heterocycles. The molecule has 1 saturated heterocycles. The van der Waals surface area contributed by atoms with Gasteiger partial charge in [-0.05, 0) is 31.0 Å². The van der Waals surface area contributed by atoms with Gasteiger partial charge in [-0.3, -0.25) is 0 Å². The van der Waals surface area contributed by atoms with Crippen molar-refractivity contribution in [1.29, 1.82) is 0 Å². The van der Waals surface area contributed by atoms with Gasteiger partial charge in [-0.1, -0.05) is 24.3 Å². The van der Waals surface area contributed by atoms with Crippen LogP contribution in [0.15, 0.2) is 24.3 Å². The Morgan fingerprint density at radius 1 is 1.27 bits per heavy atom. The molecule has 1 aromatic carbocycles. The Labute approximate surface area is 90.5 Å². The predicted molar refractivity (Wildman–Crippen MR) is 59.8 cm³/mol. The molecule has 1 heterocycles. The van der Waals surface area contributed by atoms with Gasteiger partial charge in [-0.15, -0.1) is 0 Å². The Balaban J connectivity index is 1.93. The molecule has 1 aliphatic carbocycles. The third kappa shape index (κ3) is 1.48. The molecule has 0 aromatic heterocycles. The van der Waals surface area contributed by atoms with Crippen molar-refractivity contribution >= 4 is 0 Å². The van der Waals surface area contributed by atoms with Gasteiger partial charge in [-0.25, -0.2) is 0 Å². The Bertz CT molecular complexity index is 378. The van der Waals surface area contributed by atoms with Gasteiger partial charge in [0.15, 0.2) is 0 Å². The van der Waals surface area contributed by atoms with Crippen molar-refractivity contribution in [2.75, 3.05) is 20.1 Å². The first-order chi connectivity index (χ1) is 7.19. The van der Waals surface area contributed by atoms with Crippen molar-refractivity contribution in [3.05, 3.63) is 35.4 Å². The minimum Gasteiger partial charge on any atom is -0.385 e. The SMILES string of the molecule is CN1CC(c2ccccc2C2(O)CC2)C1. The molecule has 15 heavy (non-hydrogen) atoms. The molecular weight excluding hydrogens is 186 g/mol. The van der Waals surface area contributed by atoms with Gasteiger partial charge in [0.25, 0.3) is 0 Å². The normalized spacial score (nSPS) is 24.9. The number of benzene rings is 1. The summed E-state index contributed by atoms with van der Waals surface area (Å²) in [5, 5.41) is 10.2. The maximum atomic E-state index is 10.2. The molecule has 80 valence electrons. The van der Waals surface area contributed by atoms with Crippen LogP contribution >= 0.6 is 0 Å². The first-order valence-corrected chi connectivity index (χ1v) is 5.69. The number of aliphatic hydroxyl groups is 1. The third-order valence-corrected chi connectivity index (χ3v) is 3.69. The fourth-order valence-electron chi connectivity index (χ4n) is 2.56. The summed E-state index contributed by atoms with van der Waals surface area (Å²) in [5.74, 6) is 0.635. The number of likely N-dealkylation sites (tertiary alicyclic amines) is 1. The molecule has 1 aromatic rings. The van der Waals surface area contributed by atoms with E-state index in [-0.39, 0.29) is 0 Å². The average Bonchev–Trinajstić information content (AvgIpc) is 2.93. The lowest BCUT2D eigenvalue weighted by Gasteiger charge is -2.38. The van der Waals surface area contributed by atoms with E-state index in [0.29, 0.717) is 5.92 Å². The zero-order valence-corrected chi connectivity index (χ0v) is 9.11. The Kier molecular flexibility index (Phi) is 1.91. The van der Waals surface area contributed by atoms with E-state index in [1.165, 1.54) is 11.1 Å². The lowest BCUT2D eigenvalue weighted by molar-refractivity contribution is 0.143. The van der Waals surface area contributed by atoms with Gasteiger partial charge in [0, 0.05) is 19.0 Å². The zero-order chi connectivity index (χ0) is 10.5. The molecule has 3 rings (SSSR count). The van der Waals surface area contributed by atoms with Crippen molar-refractivity contribution in [3.8, 4) is 0 Å². The van der Waals surface area contributed by atoms with E-state index in [9.17, 15) is 5.11 Å². The van der Waals surface area contributed by atoms with E-state index in [1.807, 2.05) is 6.07 Å². The number of likely N-dealkylation sites (N-methyl/N-ethyl adjacent to an activating group) is 1. The van der Waals surface area contributed by atoms with Gasteiger partial charge in [0.2, 0.25) is 0 Å². The molecule has 0 spiro atoms. The maximum absolute atomic E-state index is 10.2. The molecule has 2 fully saturated rings. The zero-order valence-electron chi connectivity index (χ0n) is 9.11. The molecule has 0 unspecified atom stereocenters. The van der Waals surface area contributed by atoms with Gasteiger partial charge in [0.1, 0.15) is 0 Å². The molecule has 0 atom stereocenters. The van der Waals surface area contributed by atoms with Gasteiger partial charge in [-0.2, -0.15) is 0 Å². The van der Waals surface area contributed by atoms with Crippen LogP contribution in [0.2, 0.25) is 0 Å². The van der Waals surface area contributed by atoms with Gasteiger partial charge >= 0.3 is 0 Å². The topological polar surface area (TPSA) is 23.5 Å². The largest absolute Gasteiger partial charge is 0.385 e. The monoisotopic (exact) mass is 203 g/mol. The fourth-order valence-corrected chi connectivity index (χ4v) is 2.56. The third-order valence-electron chi connectivity index (χ3n) is 3.69. The van der Waals surface area contributed by atoms with E-state index >= 15 is 0 Å². The molecule has 0 amide bonds. The molecule has 1 N–H and O–H groups in total. The number of rotatable bonds is 2. The van der Waals surface area contributed by atoms with Crippen molar-refractivity contribution < 1.29 is 5.11 Å². The summed E-state index contributed by atoms with van der Waals surface area (Å²) >= 11 is 0. The van der Waals surface area contributed by atoms with Crippen LogP contribution in [-0.2, 0) is 5.60 Å². The minimum atomic E-state index is -0.481. The summed E-state index contributed by atoms with van der Waals surface area (Å²) < 4.78 is 0. The Morgan fingerprint density at radius 3 is 2.53 bits per heavy atom. The second kappa shape index (κ2) is 3.06. The van der Waals surface area contributed by atoms with Crippen LogP contribution in [0.25, 0.3) is 0 Å². The van der Waals surface area contributed by atoms with Crippen molar-refractivity contribution in [2.45, 2.75) is 24.4 Å². The molecule has 2 aliphatic rings. The molecule has 2 nitrogen and oxygen atoms in total. The predicted octanol–water partition coefficient (Wildman–Crippen LogP) is 1.70. The summed E-state index contributed by atoms with van der Waals surface area (Å²) in [6.45, 7) is 2.26. The van der Waals surface area contributed by atoms with Crippen molar-refractivity contribution in [1.82, 2.24) is 4.90 Å². The minimum absolute atomic E-state index is 0.481. The second-order valence-corrected chi connectivity index (χ2v) is 5.04. The summed E-state index contributed by atoms with van der Waals surface area (Å²) in [6.07, 6.45) is 1.87. The lowest BCUT2D eigenvalue weighted by Crippen LogP contribution is -2.42. The van der Waals surface area contributed by atoms with Gasteiger partial charge < -0.3 is 10.0 Å². The van der Waals surface area contributed by atoms with E-state index in [2.05, 4.69) is 30.1 Å². The highest BCUT2D eigenvalue weighted by Gasteiger charge is 2.44. The highest BCUT2D eigenvalue weighted by atomic mass is 16.3. The summed E-state index contributed by atoms with van der Waals surface area (Å²) in [4.78, 5) is 2.32. The number of hydrogen-bond acceptors (Lipinski definition) is 2. The van der Waals surface area contributed by atoms with Gasteiger partial charge in [0.05, 0.1) is 5.60 Å². The van der Waals surface area contributed by atoms with Crippen LogP contribution in [0, 0.1) is 0 Å². The molecule has 0 bridgehead atoms. The van der Waals surface area contributed by atoms with Crippen LogP contribution < -0.4 is 0 Å².